The molecule has 2 aromatic carbocycles. The summed E-state index contributed by atoms with van der Waals surface area (Å²) in [5.74, 6) is -0.350. The Hall–Kier alpha value is -2.84. The van der Waals surface area contributed by atoms with E-state index in [9.17, 15) is 18.3 Å². The first-order valence-corrected chi connectivity index (χ1v) is 8.20. The van der Waals surface area contributed by atoms with E-state index in [1.807, 2.05) is 12.1 Å². The number of nitrogens with one attached hydrogen (secondary N) is 1. The summed E-state index contributed by atoms with van der Waals surface area (Å²) in [6.07, 6.45) is -1.13. The molecule has 0 aliphatic heterocycles. The molecule has 3 rings (SSSR count). The predicted octanol–water partition coefficient (Wildman–Crippen LogP) is 3.56. The lowest BCUT2D eigenvalue weighted by Crippen LogP contribution is -2.30. The number of H-pyrrole nitrogens is 1. The largest absolute Gasteiger partial charge is 0.573 e. The second-order valence-electron chi connectivity index (χ2n) is 6.04. The lowest BCUT2D eigenvalue weighted by molar-refractivity contribution is -0.274. The molecule has 27 heavy (non-hydrogen) atoms. The van der Waals surface area contributed by atoms with Gasteiger partial charge in [0, 0.05) is 11.8 Å². The summed E-state index contributed by atoms with van der Waals surface area (Å²) in [5, 5.41) is 17.9. The summed E-state index contributed by atoms with van der Waals surface area (Å²) in [6, 6.07) is 12.3. The zero-order valence-corrected chi connectivity index (χ0v) is 14.2. The number of hydrogen-bond donors (Lipinski definition) is 3. The van der Waals surface area contributed by atoms with Crippen LogP contribution in [0.5, 0.6) is 5.75 Å². The molecule has 1 atom stereocenters. The molecular formula is C19H18F3N3O2. The van der Waals surface area contributed by atoms with E-state index in [4.69, 9.17) is 5.73 Å². The van der Waals surface area contributed by atoms with Crippen molar-refractivity contribution in [3.05, 3.63) is 72.1 Å². The van der Waals surface area contributed by atoms with Gasteiger partial charge in [0.15, 0.2) is 0 Å². The topological polar surface area (TPSA) is 84.2 Å². The van der Waals surface area contributed by atoms with Crippen molar-refractivity contribution in [1.29, 1.82) is 0 Å². The number of rotatable bonds is 6. The van der Waals surface area contributed by atoms with Gasteiger partial charge in [-0.3, -0.25) is 5.10 Å². The molecule has 0 saturated carbocycles. The van der Waals surface area contributed by atoms with E-state index >= 15 is 0 Å². The van der Waals surface area contributed by atoms with Crippen molar-refractivity contribution in [2.45, 2.75) is 18.4 Å². The van der Waals surface area contributed by atoms with Gasteiger partial charge in [-0.05, 0) is 41.8 Å². The molecule has 0 fully saturated rings. The van der Waals surface area contributed by atoms with Crippen LogP contribution in [0.4, 0.5) is 13.2 Å². The maximum absolute atomic E-state index is 12.3. The monoisotopic (exact) mass is 377 g/mol. The molecule has 0 bridgehead atoms. The van der Waals surface area contributed by atoms with Crippen molar-refractivity contribution in [3.63, 3.8) is 0 Å². The Kier molecular flexibility index (Phi) is 5.20. The van der Waals surface area contributed by atoms with Gasteiger partial charge in [-0.1, -0.05) is 36.4 Å². The molecule has 1 unspecified atom stereocenters. The number of hydrogen-bond acceptors (Lipinski definition) is 4. The van der Waals surface area contributed by atoms with Gasteiger partial charge in [0.1, 0.15) is 11.4 Å². The van der Waals surface area contributed by atoms with E-state index in [1.54, 1.807) is 24.5 Å². The molecule has 4 N–H and O–H groups in total. The lowest BCUT2D eigenvalue weighted by atomic mass is 9.83. The van der Waals surface area contributed by atoms with Crippen LogP contribution in [0.2, 0.25) is 0 Å². The van der Waals surface area contributed by atoms with Gasteiger partial charge in [-0.15, -0.1) is 13.2 Å². The summed E-state index contributed by atoms with van der Waals surface area (Å²) in [4.78, 5) is 0. The first-order valence-electron chi connectivity index (χ1n) is 8.20. The van der Waals surface area contributed by atoms with Crippen molar-refractivity contribution in [2.24, 2.45) is 5.73 Å². The van der Waals surface area contributed by atoms with Gasteiger partial charge in [0.05, 0.1) is 6.20 Å². The first-order chi connectivity index (χ1) is 12.8. The molecule has 142 valence electrons. The highest BCUT2D eigenvalue weighted by molar-refractivity contribution is 5.62. The Morgan fingerprint density at radius 1 is 0.963 bits per heavy atom. The van der Waals surface area contributed by atoms with Gasteiger partial charge < -0.3 is 15.6 Å². The molecule has 0 aliphatic rings. The highest BCUT2D eigenvalue weighted by Crippen LogP contribution is 2.35. The number of benzene rings is 2. The van der Waals surface area contributed by atoms with Gasteiger partial charge in [-0.25, -0.2) is 0 Å². The standard InChI is InChI=1S/C19H18F3N3O2/c20-19(21,22)27-17-7-5-16(6-8-17)18(26,9-10-23)15-3-1-13(2-4-15)14-11-24-25-12-14/h1-8,11-12,26H,9-10,23H2,(H,24,25). The number of nitrogens with zero attached hydrogens (tertiary/aromatic N) is 1. The molecule has 3 aromatic rings. The van der Waals surface area contributed by atoms with Crippen molar-refractivity contribution < 1.29 is 23.0 Å². The zero-order chi connectivity index (χ0) is 19.5. The van der Waals surface area contributed by atoms with Crippen LogP contribution in [-0.2, 0) is 5.60 Å². The van der Waals surface area contributed by atoms with Crippen molar-refractivity contribution in [1.82, 2.24) is 10.2 Å². The fraction of sp³-hybridized carbons (Fsp3) is 0.211. The molecule has 0 aliphatic carbocycles. The maximum Gasteiger partial charge on any atom is 0.573 e. The Bertz CT molecular complexity index is 863. The van der Waals surface area contributed by atoms with E-state index in [2.05, 4.69) is 14.9 Å². The van der Waals surface area contributed by atoms with Gasteiger partial charge in [0.25, 0.3) is 0 Å². The second kappa shape index (κ2) is 7.42. The molecule has 0 radical (unpaired) electrons. The summed E-state index contributed by atoms with van der Waals surface area (Å²) in [6.45, 7) is 0.195. The Labute approximate surface area is 153 Å². The SMILES string of the molecule is NCCC(O)(c1ccc(OC(F)(F)F)cc1)c1ccc(-c2cn[nH]c2)cc1. The number of halogens is 3. The number of aromatic amines is 1. The van der Waals surface area contributed by atoms with E-state index in [-0.39, 0.29) is 18.7 Å². The van der Waals surface area contributed by atoms with E-state index in [0.29, 0.717) is 11.1 Å². The van der Waals surface area contributed by atoms with Crippen LogP contribution < -0.4 is 10.5 Å². The number of nitrogens with two attached hydrogens (primary N) is 1. The number of ether oxygens (including phenoxy) is 1. The van der Waals surface area contributed by atoms with Crippen LogP contribution in [0.25, 0.3) is 11.1 Å². The van der Waals surface area contributed by atoms with E-state index in [0.717, 1.165) is 11.1 Å². The first kappa shape index (κ1) is 18.9. The van der Waals surface area contributed by atoms with Crippen molar-refractivity contribution in [3.8, 4) is 16.9 Å². The average Bonchev–Trinajstić information content (AvgIpc) is 3.16. The quantitative estimate of drug-likeness (QED) is 0.613. The molecule has 0 spiro atoms. The fourth-order valence-corrected chi connectivity index (χ4v) is 2.94. The number of aliphatic hydroxyl groups is 1. The summed E-state index contributed by atoms with van der Waals surface area (Å²) in [7, 11) is 0. The normalized spacial score (nSPS) is 14.0. The fourth-order valence-electron chi connectivity index (χ4n) is 2.94. The molecule has 1 heterocycles. The summed E-state index contributed by atoms with van der Waals surface area (Å²) >= 11 is 0. The van der Waals surface area contributed by atoms with E-state index in [1.165, 1.54) is 24.3 Å². The minimum atomic E-state index is -4.77. The number of aromatic nitrogens is 2. The van der Waals surface area contributed by atoms with Crippen molar-refractivity contribution >= 4 is 0 Å². The molecule has 0 amide bonds. The maximum atomic E-state index is 12.3. The highest BCUT2D eigenvalue weighted by atomic mass is 19.4. The Balaban J connectivity index is 1.91. The van der Waals surface area contributed by atoms with Crippen molar-refractivity contribution in [2.75, 3.05) is 6.54 Å². The molecular weight excluding hydrogens is 359 g/mol. The van der Waals surface area contributed by atoms with E-state index < -0.39 is 12.0 Å². The molecule has 5 nitrogen and oxygen atoms in total. The van der Waals surface area contributed by atoms with Gasteiger partial charge >= 0.3 is 6.36 Å². The highest BCUT2D eigenvalue weighted by Gasteiger charge is 2.33. The second-order valence-corrected chi connectivity index (χ2v) is 6.04. The summed E-state index contributed by atoms with van der Waals surface area (Å²) in [5.41, 5.74) is 7.06. The molecule has 8 heteroatoms. The van der Waals surface area contributed by atoms with Crippen LogP contribution in [0.1, 0.15) is 17.5 Å². The average molecular weight is 377 g/mol. The summed E-state index contributed by atoms with van der Waals surface area (Å²) < 4.78 is 40.8. The Morgan fingerprint density at radius 2 is 1.56 bits per heavy atom. The van der Waals surface area contributed by atoms with Crippen LogP contribution >= 0.6 is 0 Å². The third-order valence-corrected chi connectivity index (χ3v) is 4.27. The van der Waals surface area contributed by atoms with Gasteiger partial charge in [0.2, 0.25) is 0 Å². The van der Waals surface area contributed by atoms with Crippen LogP contribution in [0.15, 0.2) is 60.9 Å². The zero-order valence-electron chi connectivity index (χ0n) is 14.2. The third kappa shape index (κ3) is 4.29. The third-order valence-electron chi connectivity index (χ3n) is 4.27. The van der Waals surface area contributed by atoms with Crippen LogP contribution in [-0.4, -0.2) is 28.2 Å². The molecule has 1 aromatic heterocycles. The van der Waals surface area contributed by atoms with Crippen LogP contribution in [0, 0.1) is 0 Å². The minimum Gasteiger partial charge on any atom is -0.406 e. The number of alkyl halides is 3. The predicted molar refractivity (Wildman–Crippen MR) is 93.8 cm³/mol. The van der Waals surface area contributed by atoms with Gasteiger partial charge in [-0.2, -0.15) is 5.10 Å². The minimum absolute atomic E-state index is 0.195. The molecule has 0 saturated heterocycles. The lowest BCUT2D eigenvalue weighted by Gasteiger charge is -2.29. The Morgan fingerprint density at radius 3 is 2.04 bits per heavy atom. The van der Waals surface area contributed by atoms with Crippen LogP contribution in [0.3, 0.4) is 0 Å². The smallest absolute Gasteiger partial charge is 0.406 e.